The van der Waals surface area contributed by atoms with E-state index in [4.69, 9.17) is 10.3 Å². The molecule has 0 fully saturated rings. The molecule has 0 aliphatic heterocycles. The predicted molar refractivity (Wildman–Crippen MR) is 53.6 cm³/mol. The third-order valence-corrected chi connectivity index (χ3v) is 2.56. The molecule has 0 saturated heterocycles. The molecule has 0 amide bonds. The average Bonchev–Trinajstić information content (AvgIpc) is 2.50. The summed E-state index contributed by atoms with van der Waals surface area (Å²) in [5.41, 5.74) is 6.79. The number of hydrogen-bond acceptors (Lipinski definition) is 3. The van der Waals surface area contributed by atoms with Crippen LogP contribution < -0.4 is 5.73 Å². The van der Waals surface area contributed by atoms with Crippen molar-refractivity contribution in [3.63, 3.8) is 0 Å². The summed E-state index contributed by atoms with van der Waals surface area (Å²) >= 11 is 0. The van der Waals surface area contributed by atoms with E-state index in [1.165, 1.54) is 0 Å². The van der Waals surface area contributed by atoms with Crippen molar-refractivity contribution in [1.82, 2.24) is 5.16 Å². The van der Waals surface area contributed by atoms with Gasteiger partial charge in [0.2, 0.25) is 0 Å². The summed E-state index contributed by atoms with van der Waals surface area (Å²) in [5, 5.41) is 3.81. The number of nitrogens with zero attached hydrogens (tertiary/aromatic N) is 1. The predicted octanol–water partition coefficient (Wildman–Crippen LogP) is 2.72. The number of aromatic nitrogens is 1. The van der Waals surface area contributed by atoms with Gasteiger partial charge in [0.15, 0.2) is 5.82 Å². The van der Waals surface area contributed by atoms with Crippen LogP contribution in [0.3, 0.4) is 0 Å². The summed E-state index contributed by atoms with van der Waals surface area (Å²) in [6, 6.07) is 0. The fraction of sp³-hybridized carbons (Fsp3) is 0.700. The van der Waals surface area contributed by atoms with Crippen molar-refractivity contribution in [3.05, 3.63) is 11.3 Å². The summed E-state index contributed by atoms with van der Waals surface area (Å²) < 4.78 is 5.26. The van der Waals surface area contributed by atoms with Gasteiger partial charge in [0, 0.05) is 11.5 Å². The molecule has 1 rings (SSSR count). The average molecular weight is 182 g/mol. The quantitative estimate of drug-likeness (QED) is 0.778. The first-order chi connectivity index (χ1) is 6.24. The summed E-state index contributed by atoms with van der Waals surface area (Å²) in [6.45, 7) is 6.40. The van der Waals surface area contributed by atoms with Crippen LogP contribution in [0.1, 0.15) is 50.9 Å². The van der Waals surface area contributed by atoms with E-state index in [2.05, 4.69) is 25.9 Å². The van der Waals surface area contributed by atoms with Crippen LogP contribution in [0.2, 0.25) is 0 Å². The standard InChI is InChI=1S/C10H18N2O/c1-4-7(5-2)9-8(6-3)10(11)12-13-9/h7H,4-6H2,1-3H3,(H2,11,12). The molecule has 0 aliphatic rings. The lowest BCUT2D eigenvalue weighted by Crippen LogP contribution is -1.99. The van der Waals surface area contributed by atoms with Gasteiger partial charge in [-0.15, -0.1) is 0 Å². The molecular formula is C10H18N2O. The summed E-state index contributed by atoms with van der Waals surface area (Å²) in [7, 11) is 0. The molecule has 13 heavy (non-hydrogen) atoms. The Kier molecular flexibility index (Phi) is 3.34. The number of hydrogen-bond donors (Lipinski definition) is 1. The smallest absolute Gasteiger partial charge is 0.170 e. The molecule has 1 aromatic heterocycles. The largest absolute Gasteiger partial charge is 0.381 e. The Labute approximate surface area is 79.3 Å². The molecule has 0 spiro atoms. The van der Waals surface area contributed by atoms with Gasteiger partial charge in [0.05, 0.1) is 0 Å². The molecule has 0 bridgehead atoms. The Hall–Kier alpha value is -0.990. The second-order valence-electron chi connectivity index (χ2n) is 3.28. The van der Waals surface area contributed by atoms with Crippen LogP contribution in [0.5, 0.6) is 0 Å². The first-order valence-electron chi connectivity index (χ1n) is 4.98. The number of rotatable bonds is 4. The summed E-state index contributed by atoms with van der Waals surface area (Å²) in [4.78, 5) is 0. The van der Waals surface area contributed by atoms with Gasteiger partial charge >= 0.3 is 0 Å². The molecule has 1 aromatic rings. The maximum absolute atomic E-state index is 5.69. The lowest BCUT2D eigenvalue weighted by atomic mass is 9.96. The van der Waals surface area contributed by atoms with Gasteiger partial charge in [-0.1, -0.05) is 25.9 Å². The van der Waals surface area contributed by atoms with E-state index in [0.717, 1.165) is 30.6 Å². The molecule has 2 N–H and O–H groups in total. The van der Waals surface area contributed by atoms with Crippen LogP contribution in [0.25, 0.3) is 0 Å². The number of nitrogen functional groups attached to an aromatic ring is 1. The molecule has 1 heterocycles. The van der Waals surface area contributed by atoms with Gasteiger partial charge in [0.25, 0.3) is 0 Å². The van der Waals surface area contributed by atoms with Crippen molar-refractivity contribution in [2.45, 2.75) is 46.0 Å². The molecule has 0 radical (unpaired) electrons. The van der Waals surface area contributed by atoms with Crippen LogP contribution in [0.15, 0.2) is 4.52 Å². The SMILES string of the molecule is CCc1c(N)noc1C(CC)CC. The first kappa shape index (κ1) is 10.1. The normalized spacial score (nSPS) is 11.1. The van der Waals surface area contributed by atoms with Crippen LogP contribution in [0, 0.1) is 0 Å². The van der Waals surface area contributed by atoms with Crippen molar-refractivity contribution >= 4 is 5.82 Å². The minimum atomic E-state index is 0.472. The molecular weight excluding hydrogens is 164 g/mol. The maximum Gasteiger partial charge on any atom is 0.170 e. The van der Waals surface area contributed by atoms with Crippen LogP contribution in [0.4, 0.5) is 5.82 Å². The highest BCUT2D eigenvalue weighted by molar-refractivity contribution is 5.41. The maximum atomic E-state index is 5.69. The first-order valence-corrected chi connectivity index (χ1v) is 4.98. The highest BCUT2D eigenvalue weighted by Crippen LogP contribution is 2.29. The molecule has 0 unspecified atom stereocenters. The van der Waals surface area contributed by atoms with Crippen molar-refractivity contribution in [1.29, 1.82) is 0 Å². The topological polar surface area (TPSA) is 52.0 Å². The van der Waals surface area contributed by atoms with Crippen LogP contribution in [-0.2, 0) is 6.42 Å². The zero-order chi connectivity index (χ0) is 9.84. The summed E-state index contributed by atoms with van der Waals surface area (Å²) in [6.07, 6.45) is 3.07. The van der Waals surface area contributed by atoms with Gasteiger partial charge in [-0.05, 0) is 19.3 Å². The summed E-state index contributed by atoms with van der Waals surface area (Å²) in [5.74, 6) is 2.02. The minimum Gasteiger partial charge on any atom is -0.381 e. The van der Waals surface area contributed by atoms with E-state index < -0.39 is 0 Å². The second kappa shape index (κ2) is 4.30. The van der Waals surface area contributed by atoms with Gasteiger partial charge in [-0.25, -0.2) is 0 Å². The Morgan fingerprint density at radius 2 is 1.92 bits per heavy atom. The molecule has 3 nitrogen and oxygen atoms in total. The van der Waals surface area contributed by atoms with Crippen molar-refractivity contribution in [2.75, 3.05) is 5.73 Å². The van der Waals surface area contributed by atoms with Crippen LogP contribution >= 0.6 is 0 Å². The Morgan fingerprint density at radius 3 is 2.38 bits per heavy atom. The van der Waals surface area contributed by atoms with Gasteiger partial charge < -0.3 is 10.3 Å². The fourth-order valence-corrected chi connectivity index (χ4v) is 1.67. The second-order valence-corrected chi connectivity index (χ2v) is 3.28. The van der Waals surface area contributed by atoms with E-state index in [1.807, 2.05) is 0 Å². The third-order valence-electron chi connectivity index (χ3n) is 2.56. The third kappa shape index (κ3) is 1.85. The minimum absolute atomic E-state index is 0.472. The zero-order valence-electron chi connectivity index (χ0n) is 8.63. The number of anilines is 1. The molecule has 0 atom stereocenters. The van der Waals surface area contributed by atoms with E-state index in [1.54, 1.807) is 0 Å². The lowest BCUT2D eigenvalue weighted by Gasteiger charge is -2.09. The van der Waals surface area contributed by atoms with E-state index >= 15 is 0 Å². The van der Waals surface area contributed by atoms with Crippen molar-refractivity contribution in [2.24, 2.45) is 0 Å². The monoisotopic (exact) mass is 182 g/mol. The Bertz CT molecular complexity index is 264. The van der Waals surface area contributed by atoms with Crippen molar-refractivity contribution < 1.29 is 4.52 Å². The zero-order valence-corrected chi connectivity index (χ0v) is 8.63. The van der Waals surface area contributed by atoms with E-state index in [0.29, 0.717) is 11.7 Å². The van der Waals surface area contributed by atoms with Gasteiger partial charge in [0.1, 0.15) is 5.76 Å². The van der Waals surface area contributed by atoms with Crippen molar-refractivity contribution in [3.8, 4) is 0 Å². The molecule has 0 aromatic carbocycles. The Morgan fingerprint density at radius 1 is 1.31 bits per heavy atom. The van der Waals surface area contributed by atoms with Gasteiger partial charge in [-0.3, -0.25) is 0 Å². The lowest BCUT2D eigenvalue weighted by molar-refractivity contribution is 0.353. The fourth-order valence-electron chi connectivity index (χ4n) is 1.67. The van der Waals surface area contributed by atoms with Gasteiger partial charge in [-0.2, -0.15) is 0 Å². The van der Waals surface area contributed by atoms with E-state index in [-0.39, 0.29) is 0 Å². The molecule has 0 aliphatic carbocycles. The highest BCUT2D eigenvalue weighted by atomic mass is 16.5. The molecule has 74 valence electrons. The van der Waals surface area contributed by atoms with Crippen LogP contribution in [-0.4, -0.2) is 5.16 Å². The molecule has 0 saturated carbocycles. The number of nitrogens with two attached hydrogens (primary N) is 1. The Balaban J connectivity index is 2.98. The van der Waals surface area contributed by atoms with E-state index in [9.17, 15) is 0 Å². The molecule has 3 heteroatoms. The highest BCUT2D eigenvalue weighted by Gasteiger charge is 2.18.